The van der Waals surface area contributed by atoms with Crippen LogP contribution in [0.3, 0.4) is 0 Å². The van der Waals surface area contributed by atoms with Crippen molar-refractivity contribution in [2.75, 3.05) is 7.11 Å². The van der Waals surface area contributed by atoms with Gasteiger partial charge in [0.1, 0.15) is 23.2 Å². The highest BCUT2D eigenvalue weighted by molar-refractivity contribution is 6.04. The largest absolute Gasteiger partial charge is 0.496 e. The van der Waals surface area contributed by atoms with E-state index in [0.717, 1.165) is 0 Å². The lowest BCUT2D eigenvalue weighted by molar-refractivity contribution is 0.0698. The Labute approximate surface area is 91.9 Å². The van der Waals surface area contributed by atoms with Crippen LogP contribution in [-0.2, 0) is 0 Å². The Morgan fingerprint density at radius 1 is 1.47 bits per heavy atom. The average molecular weight is 229 g/mol. The number of carboxylic acids is 1. The molecule has 0 bridgehead atoms. The average Bonchev–Trinajstić information content (AvgIpc) is 2.60. The molecule has 1 aromatic heterocycles. The van der Waals surface area contributed by atoms with Crippen molar-refractivity contribution in [1.82, 2.24) is 0 Å². The Morgan fingerprint density at radius 3 is 2.80 bits per heavy atom. The third-order valence-corrected chi connectivity index (χ3v) is 2.01. The smallest absolute Gasteiger partial charge is 0.339 e. The van der Waals surface area contributed by atoms with Gasteiger partial charge in [0.05, 0.1) is 12.5 Å². The zero-order chi connectivity index (χ0) is 10.1. The van der Waals surface area contributed by atoms with Crippen molar-refractivity contribution in [3.8, 4) is 5.75 Å². The monoisotopic (exact) mass is 228 g/mol. The topological polar surface area (TPSA) is 59.7 Å². The molecule has 0 spiro atoms. The number of hydrogen-bond donors (Lipinski definition) is 1. The van der Waals surface area contributed by atoms with Crippen molar-refractivity contribution >= 4 is 29.3 Å². The number of hydrogen-bond acceptors (Lipinski definition) is 3. The summed E-state index contributed by atoms with van der Waals surface area (Å²) < 4.78 is 10.1. The predicted octanol–water partition coefficient (Wildman–Crippen LogP) is 2.56. The molecule has 0 radical (unpaired) electrons. The van der Waals surface area contributed by atoms with Crippen molar-refractivity contribution in [2.45, 2.75) is 0 Å². The van der Waals surface area contributed by atoms with E-state index < -0.39 is 5.97 Å². The number of rotatable bonds is 2. The van der Waals surface area contributed by atoms with Gasteiger partial charge < -0.3 is 14.3 Å². The Balaban J connectivity index is 0.00000112. The fourth-order valence-corrected chi connectivity index (χ4v) is 1.38. The summed E-state index contributed by atoms with van der Waals surface area (Å²) in [4.78, 5) is 10.8. The van der Waals surface area contributed by atoms with Crippen LogP contribution in [-0.4, -0.2) is 18.2 Å². The van der Waals surface area contributed by atoms with Gasteiger partial charge >= 0.3 is 5.97 Å². The van der Waals surface area contributed by atoms with E-state index in [1.54, 1.807) is 18.2 Å². The van der Waals surface area contributed by atoms with E-state index in [-0.39, 0.29) is 18.0 Å². The maximum atomic E-state index is 10.8. The van der Waals surface area contributed by atoms with Gasteiger partial charge in [-0.05, 0) is 12.1 Å². The first-order chi connectivity index (χ1) is 6.74. The van der Waals surface area contributed by atoms with E-state index in [1.165, 1.54) is 13.4 Å². The summed E-state index contributed by atoms with van der Waals surface area (Å²) in [5.41, 5.74) is 0.638. The third-order valence-electron chi connectivity index (χ3n) is 2.01. The number of halogens is 1. The molecule has 1 N–H and O–H groups in total. The number of ether oxygens (including phenoxy) is 1. The van der Waals surface area contributed by atoms with E-state index in [9.17, 15) is 4.79 Å². The summed E-state index contributed by atoms with van der Waals surface area (Å²) in [5, 5.41) is 9.38. The maximum absolute atomic E-state index is 10.8. The molecule has 2 rings (SSSR count). The van der Waals surface area contributed by atoms with Gasteiger partial charge in [-0.15, -0.1) is 12.4 Å². The number of furan rings is 1. The fraction of sp³-hybridized carbons (Fsp3) is 0.100. The van der Waals surface area contributed by atoms with Gasteiger partial charge in [0.15, 0.2) is 0 Å². The molecule has 0 aliphatic heterocycles. The van der Waals surface area contributed by atoms with Crippen molar-refractivity contribution in [1.29, 1.82) is 0 Å². The number of carbonyl (C=O) groups is 1. The summed E-state index contributed by atoms with van der Waals surface area (Å²) in [6.07, 6.45) is 1.22. The molecule has 2 aromatic rings. The van der Waals surface area contributed by atoms with Crippen LogP contribution in [0.2, 0.25) is 0 Å². The number of carboxylic acid groups (broad SMARTS) is 1. The van der Waals surface area contributed by atoms with Crippen LogP contribution in [0.5, 0.6) is 5.75 Å². The lowest BCUT2D eigenvalue weighted by Gasteiger charge is -2.00. The summed E-state index contributed by atoms with van der Waals surface area (Å²) in [5.74, 6) is -0.512. The zero-order valence-electron chi connectivity index (χ0n) is 7.89. The molecule has 0 aliphatic rings. The highest BCUT2D eigenvalue weighted by Gasteiger charge is 2.15. The molecule has 0 amide bonds. The van der Waals surface area contributed by atoms with E-state index in [0.29, 0.717) is 16.7 Å². The highest BCUT2D eigenvalue weighted by atomic mass is 35.5. The summed E-state index contributed by atoms with van der Waals surface area (Å²) in [6, 6.07) is 5.14. The van der Waals surface area contributed by atoms with Crippen molar-refractivity contribution < 1.29 is 19.1 Å². The second kappa shape index (κ2) is 4.23. The van der Waals surface area contributed by atoms with Gasteiger partial charge in [-0.1, -0.05) is 6.07 Å². The van der Waals surface area contributed by atoms with Gasteiger partial charge in [-0.2, -0.15) is 0 Å². The molecule has 0 unspecified atom stereocenters. The van der Waals surface area contributed by atoms with Crippen LogP contribution in [0.25, 0.3) is 11.0 Å². The number of methoxy groups -OCH3 is 1. The molecule has 1 aromatic carbocycles. The zero-order valence-corrected chi connectivity index (χ0v) is 8.71. The Hall–Kier alpha value is -1.68. The van der Waals surface area contributed by atoms with Gasteiger partial charge in [0, 0.05) is 0 Å². The molecule has 0 fully saturated rings. The van der Waals surface area contributed by atoms with Crippen LogP contribution >= 0.6 is 12.4 Å². The van der Waals surface area contributed by atoms with Gasteiger partial charge in [-0.25, -0.2) is 4.79 Å². The maximum Gasteiger partial charge on any atom is 0.339 e. The first-order valence-corrected chi connectivity index (χ1v) is 4.01. The van der Waals surface area contributed by atoms with Crippen LogP contribution in [0.4, 0.5) is 0 Å². The SMILES string of the molecule is COc1cccc2occ(C(=O)O)c12.Cl. The quantitative estimate of drug-likeness (QED) is 0.858. The van der Waals surface area contributed by atoms with Crippen LogP contribution < -0.4 is 4.74 Å². The van der Waals surface area contributed by atoms with Gasteiger partial charge in [0.2, 0.25) is 0 Å². The van der Waals surface area contributed by atoms with Crippen molar-refractivity contribution in [2.24, 2.45) is 0 Å². The number of aromatic carboxylic acids is 1. The second-order valence-electron chi connectivity index (χ2n) is 2.79. The Bertz CT molecular complexity index is 489. The molecule has 4 nitrogen and oxygen atoms in total. The minimum Gasteiger partial charge on any atom is -0.496 e. The molecule has 0 saturated heterocycles. The van der Waals surface area contributed by atoms with Crippen molar-refractivity contribution in [3.05, 3.63) is 30.0 Å². The first kappa shape index (κ1) is 11.4. The number of fused-ring (bicyclic) bond motifs is 1. The highest BCUT2D eigenvalue weighted by Crippen LogP contribution is 2.30. The van der Waals surface area contributed by atoms with Gasteiger partial charge in [0.25, 0.3) is 0 Å². The lowest BCUT2D eigenvalue weighted by atomic mass is 10.1. The lowest BCUT2D eigenvalue weighted by Crippen LogP contribution is -1.95. The molecule has 0 aliphatic carbocycles. The molecule has 15 heavy (non-hydrogen) atoms. The van der Waals surface area contributed by atoms with Crippen molar-refractivity contribution in [3.63, 3.8) is 0 Å². The predicted molar refractivity (Wildman–Crippen MR) is 57.0 cm³/mol. The minimum atomic E-state index is -1.02. The summed E-state index contributed by atoms with van der Waals surface area (Å²) in [7, 11) is 1.49. The molecule has 0 saturated carbocycles. The molecule has 1 heterocycles. The van der Waals surface area contributed by atoms with E-state index in [4.69, 9.17) is 14.3 Å². The normalized spacial score (nSPS) is 9.67. The second-order valence-corrected chi connectivity index (χ2v) is 2.79. The third kappa shape index (κ3) is 1.76. The minimum absolute atomic E-state index is 0. The molecular formula is C10H9ClO4. The standard InChI is InChI=1S/C10H8O4.ClH/c1-13-7-3-2-4-8-9(7)6(5-14-8)10(11)12;/h2-5H,1H3,(H,11,12);1H. The Kier molecular flexibility index (Phi) is 3.21. The molecule has 80 valence electrons. The fourth-order valence-electron chi connectivity index (χ4n) is 1.38. The number of benzene rings is 1. The Morgan fingerprint density at radius 2 is 2.20 bits per heavy atom. The van der Waals surface area contributed by atoms with Crippen LogP contribution in [0.15, 0.2) is 28.9 Å². The first-order valence-electron chi connectivity index (χ1n) is 4.01. The molecular weight excluding hydrogens is 220 g/mol. The van der Waals surface area contributed by atoms with Gasteiger partial charge in [-0.3, -0.25) is 0 Å². The summed E-state index contributed by atoms with van der Waals surface area (Å²) in [6.45, 7) is 0. The van der Waals surface area contributed by atoms with Crippen LogP contribution in [0, 0.1) is 0 Å². The summed E-state index contributed by atoms with van der Waals surface area (Å²) >= 11 is 0. The van der Waals surface area contributed by atoms with Crippen LogP contribution in [0.1, 0.15) is 10.4 Å². The van der Waals surface area contributed by atoms with E-state index in [1.807, 2.05) is 0 Å². The van der Waals surface area contributed by atoms with E-state index in [2.05, 4.69) is 0 Å². The van der Waals surface area contributed by atoms with E-state index >= 15 is 0 Å². The molecule has 0 atom stereocenters. The molecule has 5 heteroatoms.